The lowest BCUT2D eigenvalue weighted by molar-refractivity contribution is 0.317. The van der Waals surface area contributed by atoms with Crippen molar-refractivity contribution in [3.05, 3.63) is 40.7 Å². The van der Waals surface area contributed by atoms with Crippen LogP contribution in [0, 0.1) is 6.92 Å². The second-order valence-electron chi connectivity index (χ2n) is 4.64. The van der Waals surface area contributed by atoms with Crippen molar-refractivity contribution in [2.45, 2.75) is 33.6 Å². The lowest BCUT2D eigenvalue weighted by Crippen LogP contribution is -2.00. The van der Waals surface area contributed by atoms with Crippen LogP contribution in [-0.4, -0.2) is 16.6 Å². The van der Waals surface area contributed by atoms with Crippen LogP contribution in [0.1, 0.15) is 31.5 Å². The molecule has 2 aromatic rings. The minimum Gasteiger partial charge on any atom is -0.494 e. The maximum atomic E-state index is 6.19. The molecule has 0 fully saturated rings. The standard InChI is InChI=1S/C16H19ClN2O/c1-4-9-20-13-8-6-7-12(10-13)16-18-14(5-2)11(3)15(17)19-16/h6-8,10H,4-5,9H2,1-3H3. The highest BCUT2D eigenvalue weighted by Crippen LogP contribution is 2.25. The lowest BCUT2D eigenvalue weighted by atomic mass is 10.1. The minimum absolute atomic E-state index is 0.520. The van der Waals surface area contributed by atoms with Crippen molar-refractivity contribution in [2.75, 3.05) is 6.61 Å². The second kappa shape index (κ2) is 6.71. The number of benzene rings is 1. The molecule has 0 aliphatic rings. The van der Waals surface area contributed by atoms with Crippen molar-refractivity contribution < 1.29 is 4.74 Å². The van der Waals surface area contributed by atoms with Crippen LogP contribution in [0.25, 0.3) is 11.4 Å². The molecule has 3 nitrogen and oxygen atoms in total. The number of nitrogens with zero attached hydrogens (tertiary/aromatic N) is 2. The number of aromatic nitrogens is 2. The Kier molecular flexibility index (Phi) is 4.96. The van der Waals surface area contributed by atoms with Crippen molar-refractivity contribution in [1.29, 1.82) is 0 Å². The molecular weight excluding hydrogens is 272 g/mol. The van der Waals surface area contributed by atoms with Gasteiger partial charge in [-0.2, -0.15) is 0 Å². The smallest absolute Gasteiger partial charge is 0.161 e. The van der Waals surface area contributed by atoms with Gasteiger partial charge in [0.15, 0.2) is 5.82 Å². The average molecular weight is 291 g/mol. The van der Waals surface area contributed by atoms with E-state index in [0.717, 1.165) is 35.4 Å². The van der Waals surface area contributed by atoms with Crippen molar-refractivity contribution >= 4 is 11.6 Å². The van der Waals surface area contributed by atoms with Crippen molar-refractivity contribution in [3.8, 4) is 17.1 Å². The summed E-state index contributed by atoms with van der Waals surface area (Å²) in [5.74, 6) is 1.49. The second-order valence-corrected chi connectivity index (χ2v) is 5.00. The summed E-state index contributed by atoms with van der Waals surface area (Å²) in [6.07, 6.45) is 1.82. The van der Waals surface area contributed by atoms with Gasteiger partial charge in [-0.3, -0.25) is 0 Å². The molecule has 2 rings (SSSR count). The quantitative estimate of drug-likeness (QED) is 0.763. The molecule has 0 saturated heterocycles. The molecule has 0 spiro atoms. The average Bonchev–Trinajstić information content (AvgIpc) is 2.48. The van der Waals surface area contributed by atoms with Crippen LogP contribution in [0.5, 0.6) is 5.75 Å². The highest BCUT2D eigenvalue weighted by molar-refractivity contribution is 6.30. The van der Waals surface area contributed by atoms with Crippen LogP contribution in [0.2, 0.25) is 5.15 Å². The summed E-state index contributed by atoms with van der Waals surface area (Å²) in [6.45, 7) is 6.81. The topological polar surface area (TPSA) is 35.0 Å². The number of ether oxygens (including phenoxy) is 1. The Bertz CT molecular complexity index is 599. The third-order valence-electron chi connectivity index (χ3n) is 3.09. The third kappa shape index (κ3) is 3.28. The highest BCUT2D eigenvalue weighted by atomic mass is 35.5. The Labute approximate surface area is 125 Å². The molecule has 0 aliphatic carbocycles. The van der Waals surface area contributed by atoms with Crippen LogP contribution < -0.4 is 4.74 Å². The van der Waals surface area contributed by atoms with Crippen LogP contribution in [0.15, 0.2) is 24.3 Å². The Balaban J connectivity index is 2.38. The largest absolute Gasteiger partial charge is 0.494 e. The zero-order valence-electron chi connectivity index (χ0n) is 12.1. The Morgan fingerprint density at radius 2 is 2.00 bits per heavy atom. The molecule has 1 heterocycles. The van der Waals surface area contributed by atoms with E-state index in [1.165, 1.54) is 0 Å². The SMILES string of the molecule is CCCOc1cccc(-c2nc(Cl)c(C)c(CC)n2)c1. The number of halogens is 1. The molecule has 0 radical (unpaired) electrons. The molecule has 106 valence electrons. The van der Waals surface area contributed by atoms with E-state index in [2.05, 4.69) is 23.8 Å². The van der Waals surface area contributed by atoms with E-state index in [9.17, 15) is 0 Å². The molecule has 1 aromatic carbocycles. The molecule has 0 bridgehead atoms. The van der Waals surface area contributed by atoms with Gasteiger partial charge in [-0.1, -0.05) is 37.6 Å². The molecule has 0 amide bonds. The van der Waals surface area contributed by atoms with E-state index in [1.54, 1.807) is 0 Å². The first-order chi connectivity index (χ1) is 9.65. The first-order valence-corrected chi connectivity index (χ1v) is 7.29. The summed E-state index contributed by atoms with van der Waals surface area (Å²) in [4.78, 5) is 8.96. The molecule has 0 aliphatic heterocycles. The predicted octanol–water partition coefficient (Wildman–Crippen LogP) is 4.46. The van der Waals surface area contributed by atoms with E-state index in [1.807, 2.05) is 31.2 Å². The van der Waals surface area contributed by atoms with Gasteiger partial charge in [0, 0.05) is 16.8 Å². The van der Waals surface area contributed by atoms with E-state index in [0.29, 0.717) is 17.6 Å². The summed E-state index contributed by atoms with van der Waals surface area (Å²) < 4.78 is 5.64. The van der Waals surface area contributed by atoms with Gasteiger partial charge in [0.25, 0.3) is 0 Å². The maximum Gasteiger partial charge on any atom is 0.161 e. The van der Waals surface area contributed by atoms with Gasteiger partial charge in [0.1, 0.15) is 10.9 Å². The molecule has 0 N–H and O–H groups in total. The first-order valence-electron chi connectivity index (χ1n) is 6.92. The number of aryl methyl sites for hydroxylation is 1. The van der Waals surface area contributed by atoms with Gasteiger partial charge in [-0.25, -0.2) is 9.97 Å². The zero-order valence-corrected chi connectivity index (χ0v) is 12.9. The number of hydrogen-bond donors (Lipinski definition) is 0. The summed E-state index contributed by atoms with van der Waals surface area (Å²) in [5.41, 5.74) is 2.87. The highest BCUT2D eigenvalue weighted by Gasteiger charge is 2.10. The summed E-state index contributed by atoms with van der Waals surface area (Å²) in [7, 11) is 0. The minimum atomic E-state index is 0.520. The van der Waals surface area contributed by atoms with Gasteiger partial charge in [-0.05, 0) is 31.9 Å². The Hall–Kier alpha value is -1.61. The fourth-order valence-corrected chi connectivity index (χ4v) is 2.14. The van der Waals surface area contributed by atoms with E-state index in [-0.39, 0.29) is 0 Å². The molecule has 4 heteroatoms. The summed E-state index contributed by atoms with van der Waals surface area (Å²) in [5, 5.41) is 0.520. The molecular formula is C16H19ClN2O. The zero-order chi connectivity index (χ0) is 14.5. The lowest BCUT2D eigenvalue weighted by Gasteiger charge is -2.09. The van der Waals surface area contributed by atoms with Crippen molar-refractivity contribution in [1.82, 2.24) is 9.97 Å². The van der Waals surface area contributed by atoms with Crippen molar-refractivity contribution in [3.63, 3.8) is 0 Å². The van der Waals surface area contributed by atoms with Gasteiger partial charge < -0.3 is 4.74 Å². The first kappa shape index (κ1) is 14.8. The van der Waals surface area contributed by atoms with Crippen LogP contribution in [-0.2, 0) is 6.42 Å². The molecule has 1 aromatic heterocycles. The Morgan fingerprint density at radius 1 is 1.20 bits per heavy atom. The molecule has 0 saturated carbocycles. The molecule has 0 atom stereocenters. The predicted molar refractivity (Wildman–Crippen MR) is 82.4 cm³/mol. The van der Waals surface area contributed by atoms with Gasteiger partial charge in [0.05, 0.1) is 6.61 Å². The van der Waals surface area contributed by atoms with Gasteiger partial charge >= 0.3 is 0 Å². The fraction of sp³-hybridized carbons (Fsp3) is 0.375. The summed E-state index contributed by atoms with van der Waals surface area (Å²) >= 11 is 6.19. The Morgan fingerprint density at radius 3 is 2.70 bits per heavy atom. The van der Waals surface area contributed by atoms with E-state index in [4.69, 9.17) is 16.3 Å². The number of rotatable bonds is 5. The monoisotopic (exact) mass is 290 g/mol. The normalized spacial score (nSPS) is 10.6. The van der Waals surface area contributed by atoms with Gasteiger partial charge in [0.2, 0.25) is 0 Å². The third-order valence-corrected chi connectivity index (χ3v) is 3.46. The summed E-state index contributed by atoms with van der Waals surface area (Å²) in [6, 6.07) is 7.81. The van der Waals surface area contributed by atoms with Crippen molar-refractivity contribution in [2.24, 2.45) is 0 Å². The number of hydrogen-bond acceptors (Lipinski definition) is 3. The van der Waals surface area contributed by atoms with Crippen LogP contribution >= 0.6 is 11.6 Å². The van der Waals surface area contributed by atoms with E-state index < -0.39 is 0 Å². The van der Waals surface area contributed by atoms with Crippen LogP contribution in [0.4, 0.5) is 0 Å². The maximum absolute atomic E-state index is 6.19. The fourth-order valence-electron chi connectivity index (χ4n) is 1.95. The van der Waals surface area contributed by atoms with Gasteiger partial charge in [-0.15, -0.1) is 0 Å². The molecule has 0 unspecified atom stereocenters. The van der Waals surface area contributed by atoms with E-state index >= 15 is 0 Å². The van der Waals surface area contributed by atoms with Crippen LogP contribution in [0.3, 0.4) is 0 Å². The molecule has 20 heavy (non-hydrogen) atoms.